The number of para-hydroxylation sites is 2. The third-order valence-corrected chi connectivity index (χ3v) is 5.40. The predicted molar refractivity (Wildman–Crippen MR) is 122 cm³/mol. The monoisotopic (exact) mass is 455 g/mol. The van der Waals surface area contributed by atoms with Crippen LogP contribution in [0.2, 0.25) is 0 Å². The summed E-state index contributed by atoms with van der Waals surface area (Å²) < 4.78 is 13.7. The minimum Gasteiger partial charge on any atom is -0.325 e. The van der Waals surface area contributed by atoms with Crippen molar-refractivity contribution in [2.24, 2.45) is 5.92 Å². The first kappa shape index (κ1) is 23.1. The van der Waals surface area contributed by atoms with E-state index in [4.69, 9.17) is 0 Å². The Hall–Kier alpha value is -3.53. The molecule has 0 aliphatic rings. The Labute approximate surface area is 188 Å². The van der Waals surface area contributed by atoms with Crippen molar-refractivity contribution in [3.05, 3.63) is 64.7 Å². The maximum Gasteiger partial charge on any atom is 0.278 e. The summed E-state index contributed by atoms with van der Waals surface area (Å²) in [6.07, 6.45) is 0. The van der Waals surface area contributed by atoms with E-state index in [1.807, 2.05) is 0 Å². The fraction of sp³-hybridized carbons (Fsp3) is 0.227. The molecule has 1 aromatic heterocycles. The largest absolute Gasteiger partial charge is 0.325 e. The van der Waals surface area contributed by atoms with Gasteiger partial charge < -0.3 is 10.6 Å². The number of hydrogen-bond donors (Lipinski definition) is 3. The number of nitrogens with one attached hydrogen (secondary N) is 3. The van der Waals surface area contributed by atoms with E-state index >= 15 is 0 Å². The summed E-state index contributed by atoms with van der Waals surface area (Å²) >= 11 is 0.980. The molecule has 2 aromatic carbocycles. The lowest BCUT2D eigenvalue weighted by molar-refractivity contribution is -0.119. The van der Waals surface area contributed by atoms with Crippen molar-refractivity contribution >= 4 is 35.0 Å². The molecule has 0 saturated carbocycles. The molecular weight excluding hydrogens is 433 g/mol. The molecule has 0 spiro atoms. The molecule has 0 saturated heterocycles. The summed E-state index contributed by atoms with van der Waals surface area (Å²) in [6.45, 7) is 5.13. The molecule has 0 aliphatic carbocycles. The Morgan fingerprint density at radius 2 is 1.56 bits per heavy atom. The number of amides is 2. The zero-order valence-corrected chi connectivity index (χ0v) is 18.5. The quantitative estimate of drug-likeness (QED) is 0.468. The summed E-state index contributed by atoms with van der Waals surface area (Å²) in [5, 5.41) is 12.8. The van der Waals surface area contributed by atoms with Crippen molar-refractivity contribution in [2.45, 2.75) is 31.2 Å². The first-order valence-electron chi connectivity index (χ1n) is 9.85. The normalized spacial score (nSPS) is 11.8. The summed E-state index contributed by atoms with van der Waals surface area (Å²) in [7, 11) is 0. The topological polar surface area (TPSA) is 117 Å². The van der Waals surface area contributed by atoms with Crippen LogP contribution in [-0.4, -0.2) is 32.2 Å². The standard InChI is InChI=1S/C22H22FN5O3S/c1-12(2)19(29)24-16-10-6-4-8-14(16)18-21(31)26-22(28-27-18)32-13(3)20(30)25-17-11-7-5-9-15(17)23/h4-13H,1-3H3,(H,24,29)(H,25,30)(H,26,28,31). The predicted octanol–water partition coefficient (Wildman–Crippen LogP) is 3.68. The van der Waals surface area contributed by atoms with Crippen molar-refractivity contribution in [1.82, 2.24) is 15.2 Å². The molecule has 3 aromatic rings. The van der Waals surface area contributed by atoms with Crippen LogP contribution in [0, 0.1) is 11.7 Å². The number of aromatic amines is 1. The molecule has 2 amide bonds. The number of carbonyl (C=O) groups excluding carboxylic acids is 2. The highest BCUT2D eigenvalue weighted by molar-refractivity contribution is 8.00. The van der Waals surface area contributed by atoms with E-state index in [-0.39, 0.29) is 28.4 Å². The molecule has 3 rings (SSSR count). The molecular formula is C22H22FN5O3S. The number of aromatic nitrogens is 3. The van der Waals surface area contributed by atoms with Gasteiger partial charge in [-0.05, 0) is 25.1 Å². The SMILES string of the molecule is CC(C)C(=O)Nc1ccccc1-c1nnc(SC(C)C(=O)Nc2ccccc2F)[nH]c1=O. The van der Waals surface area contributed by atoms with Crippen LogP contribution in [0.5, 0.6) is 0 Å². The van der Waals surface area contributed by atoms with Crippen LogP contribution in [0.3, 0.4) is 0 Å². The summed E-state index contributed by atoms with van der Waals surface area (Å²) in [4.78, 5) is 39.7. The van der Waals surface area contributed by atoms with Crippen LogP contribution in [0.4, 0.5) is 15.8 Å². The third-order valence-electron chi connectivity index (χ3n) is 4.43. The number of benzene rings is 2. The van der Waals surface area contributed by atoms with Gasteiger partial charge in [0.1, 0.15) is 5.82 Å². The molecule has 1 atom stereocenters. The van der Waals surface area contributed by atoms with Crippen LogP contribution >= 0.6 is 11.8 Å². The second kappa shape index (κ2) is 10.2. The first-order valence-corrected chi connectivity index (χ1v) is 10.7. The number of nitrogens with zero attached hydrogens (tertiary/aromatic N) is 2. The minimum atomic E-state index is -0.678. The molecule has 166 valence electrons. The molecule has 0 fully saturated rings. The van der Waals surface area contributed by atoms with Gasteiger partial charge in [-0.1, -0.05) is 55.9 Å². The molecule has 1 heterocycles. The van der Waals surface area contributed by atoms with E-state index in [1.54, 1.807) is 51.1 Å². The fourth-order valence-corrected chi connectivity index (χ4v) is 3.39. The lowest BCUT2D eigenvalue weighted by atomic mass is 10.1. The average molecular weight is 456 g/mol. The highest BCUT2D eigenvalue weighted by Crippen LogP contribution is 2.25. The number of thioether (sulfide) groups is 1. The van der Waals surface area contributed by atoms with Gasteiger partial charge >= 0.3 is 0 Å². The fourth-order valence-electron chi connectivity index (χ4n) is 2.64. The molecule has 1 unspecified atom stereocenters. The maximum absolute atomic E-state index is 13.7. The minimum absolute atomic E-state index is 0.0393. The number of carbonyl (C=O) groups is 2. The second-order valence-corrected chi connectivity index (χ2v) is 8.56. The zero-order valence-electron chi connectivity index (χ0n) is 17.7. The van der Waals surface area contributed by atoms with Gasteiger partial charge in [-0.25, -0.2) is 4.39 Å². The van der Waals surface area contributed by atoms with Gasteiger partial charge in [0.05, 0.1) is 16.6 Å². The van der Waals surface area contributed by atoms with Gasteiger partial charge in [-0.3, -0.25) is 19.4 Å². The number of rotatable bonds is 7. The lowest BCUT2D eigenvalue weighted by Gasteiger charge is -2.13. The van der Waals surface area contributed by atoms with Gasteiger partial charge in [0, 0.05) is 11.5 Å². The van der Waals surface area contributed by atoms with Crippen LogP contribution in [0.25, 0.3) is 11.3 Å². The number of anilines is 2. The van der Waals surface area contributed by atoms with Gasteiger partial charge in [-0.2, -0.15) is 0 Å². The molecule has 32 heavy (non-hydrogen) atoms. The van der Waals surface area contributed by atoms with E-state index in [0.29, 0.717) is 11.3 Å². The second-order valence-electron chi connectivity index (χ2n) is 7.23. The summed E-state index contributed by atoms with van der Waals surface area (Å²) in [5.74, 6) is -1.42. The van der Waals surface area contributed by atoms with Crippen molar-refractivity contribution in [1.29, 1.82) is 0 Å². The van der Waals surface area contributed by atoms with Crippen molar-refractivity contribution in [3.8, 4) is 11.3 Å². The summed E-state index contributed by atoms with van der Waals surface area (Å²) in [6, 6.07) is 12.6. The molecule has 10 heteroatoms. The van der Waals surface area contributed by atoms with Crippen LogP contribution < -0.4 is 16.2 Å². The van der Waals surface area contributed by atoms with Crippen LogP contribution in [-0.2, 0) is 9.59 Å². The third kappa shape index (κ3) is 5.58. The lowest BCUT2D eigenvalue weighted by Crippen LogP contribution is -2.24. The van der Waals surface area contributed by atoms with Gasteiger partial charge in [0.2, 0.25) is 11.8 Å². The van der Waals surface area contributed by atoms with Crippen molar-refractivity contribution in [3.63, 3.8) is 0 Å². The zero-order chi connectivity index (χ0) is 23.3. The Bertz CT molecular complexity index is 1200. The Kier molecular flexibility index (Phi) is 7.37. The first-order chi connectivity index (χ1) is 15.3. The van der Waals surface area contributed by atoms with E-state index in [2.05, 4.69) is 25.8 Å². The van der Waals surface area contributed by atoms with E-state index < -0.39 is 22.5 Å². The van der Waals surface area contributed by atoms with Crippen LogP contribution in [0.1, 0.15) is 20.8 Å². The van der Waals surface area contributed by atoms with Gasteiger partial charge in [0.25, 0.3) is 5.56 Å². The Morgan fingerprint density at radius 3 is 2.22 bits per heavy atom. The molecule has 0 aliphatic heterocycles. The number of halogens is 1. The average Bonchev–Trinajstić information content (AvgIpc) is 2.76. The van der Waals surface area contributed by atoms with E-state index in [0.717, 1.165) is 11.8 Å². The van der Waals surface area contributed by atoms with Gasteiger partial charge in [-0.15, -0.1) is 10.2 Å². The number of H-pyrrole nitrogens is 1. The Morgan fingerprint density at radius 1 is 0.938 bits per heavy atom. The van der Waals surface area contributed by atoms with Crippen molar-refractivity contribution < 1.29 is 14.0 Å². The van der Waals surface area contributed by atoms with E-state index in [1.165, 1.54) is 18.2 Å². The highest BCUT2D eigenvalue weighted by atomic mass is 32.2. The van der Waals surface area contributed by atoms with Gasteiger partial charge in [0.15, 0.2) is 10.9 Å². The molecule has 0 bridgehead atoms. The van der Waals surface area contributed by atoms with Crippen molar-refractivity contribution in [2.75, 3.05) is 10.6 Å². The maximum atomic E-state index is 13.7. The molecule has 3 N–H and O–H groups in total. The number of hydrogen-bond acceptors (Lipinski definition) is 6. The highest BCUT2D eigenvalue weighted by Gasteiger charge is 2.19. The van der Waals surface area contributed by atoms with Crippen LogP contribution in [0.15, 0.2) is 58.5 Å². The molecule has 0 radical (unpaired) electrons. The Balaban J connectivity index is 1.76. The molecule has 8 nitrogen and oxygen atoms in total. The smallest absolute Gasteiger partial charge is 0.278 e. The summed E-state index contributed by atoms with van der Waals surface area (Å²) in [5.41, 5.74) is 0.467. The van der Waals surface area contributed by atoms with E-state index in [9.17, 15) is 18.8 Å².